The van der Waals surface area contributed by atoms with Gasteiger partial charge in [0.15, 0.2) is 5.84 Å². The largest absolute Gasteiger partial charge is 0.375 e. The fourth-order valence-corrected chi connectivity index (χ4v) is 4.79. The van der Waals surface area contributed by atoms with E-state index in [2.05, 4.69) is 51.6 Å². The maximum Gasteiger partial charge on any atom is 0.250 e. The van der Waals surface area contributed by atoms with Crippen LogP contribution in [0.5, 0.6) is 0 Å². The molecule has 0 aromatic heterocycles. The van der Waals surface area contributed by atoms with Crippen molar-refractivity contribution < 1.29 is 9.53 Å². The van der Waals surface area contributed by atoms with Gasteiger partial charge in [0.1, 0.15) is 5.82 Å². The minimum Gasteiger partial charge on any atom is -0.375 e. The number of aliphatic imine (C=N–C) groups is 3. The molecule has 36 heavy (non-hydrogen) atoms. The van der Waals surface area contributed by atoms with E-state index in [-0.39, 0.29) is 6.10 Å². The average Bonchev–Trinajstić information content (AvgIpc) is 3.76. The molecule has 4 N–H and O–H groups in total. The van der Waals surface area contributed by atoms with Crippen LogP contribution in [-0.4, -0.2) is 57.5 Å². The number of hydrogen-bond acceptors (Lipinski definition) is 6. The van der Waals surface area contributed by atoms with Gasteiger partial charge in [-0.25, -0.2) is 9.98 Å². The first-order valence-corrected chi connectivity index (χ1v) is 13.0. The summed E-state index contributed by atoms with van der Waals surface area (Å²) in [5.74, 6) is 1.58. The number of amides is 1. The second-order valence-corrected chi connectivity index (χ2v) is 9.74. The van der Waals surface area contributed by atoms with E-state index in [0.29, 0.717) is 47.8 Å². The van der Waals surface area contributed by atoms with Crippen molar-refractivity contribution in [3.8, 4) is 0 Å². The highest BCUT2D eigenvalue weighted by atomic mass is 16.5. The molecule has 0 saturated heterocycles. The second-order valence-electron chi connectivity index (χ2n) is 9.74. The lowest BCUT2D eigenvalue weighted by atomic mass is 9.84. The molecule has 2 saturated carbocycles. The molecule has 2 fully saturated rings. The summed E-state index contributed by atoms with van der Waals surface area (Å²) in [6.45, 7) is 5.68. The van der Waals surface area contributed by atoms with E-state index in [9.17, 15) is 4.79 Å². The number of dihydropyridines is 1. The van der Waals surface area contributed by atoms with Gasteiger partial charge in [0.2, 0.25) is 5.91 Å². The van der Waals surface area contributed by atoms with E-state index in [1.807, 2.05) is 7.05 Å². The monoisotopic (exact) mass is 490 g/mol. The lowest BCUT2D eigenvalue weighted by Gasteiger charge is -2.22. The summed E-state index contributed by atoms with van der Waals surface area (Å²) < 4.78 is 6.06. The van der Waals surface area contributed by atoms with Crippen LogP contribution in [0.3, 0.4) is 0 Å². The molecule has 2 aliphatic carbocycles. The highest BCUT2D eigenvalue weighted by Gasteiger charge is 2.32. The minimum atomic E-state index is -0.554. The lowest BCUT2D eigenvalue weighted by Crippen LogP contribution is -2.25. The minimum absolute atomic E-state index is 0.0456. The van der Waals surface area contributed by atoms with Crippen LogP contribution in [0.4, 0.5) is 5.69 Å². The van der Waals surface area contributed by atoms with Crippen LogP contribution in [0.15, 0.2) is 62.3 Å². The third-order valence-electron chi connectivity index (χ3n) is 7.07. The number of carbonyl (C=O) groups is 1. The molecule has 1 unspecified atom stereocenters. The summed E-state index contributed by atoms with van der Waals surface area (Å²) in [4.78, 5) is 25.3. The van der Waals surface area contributed by atoms with Gasteiger partial charge in [-0.15, -0.1) is 0 Å². The summed E-state index contributed by atoms with van der Waals surface area (Å²) in [6.07, 6.45) is 12.0. The first kappa shape index (κ1) is 26.0. The maximum absolute atomic E-state index is 11.9. The molecule has 1 aromatic carbocycles. The van der Waals surface area contributed by atoms with E-state index in [4.69, 9.17) is 15.5 Å². The molecule has 1 aromatic rings. The predicted molar refractivity (Wildman–Crippen MR) is 147 cm³/mol. The van der Waals surface area contributed by atoms with Crippen molar-refractivity contribution in [1.29, 1.82) is 0 Å². The zero-order valence-corrected chi connectivity index (χ0v) is 21.2. The maximum atomic E-state index is 11.9. The Bertz CT molecular complexity index is 1050. The second kappa shape index (κ2) is 12.7. The summed E-state index contributed by atoms with van der Waals surface area (Å²) >= 11 is 0. The number of carbonyl (C=O) groups excluding carboxylic acids is 1. The number of nitrogens with one attached hydrogen (secondary N) is 2. The van der Waals surface area contributed by atoms with Gasteiger partial charge < -0.3 is 21.1 Å². The van der Waals surface area contributed by atoms with Crippen LogP contribution in [0, 0.1) is 5.92 Å². The number of benzene rings is 1. The van der Waals surface area contributed by atoms with Gasteiger partial charge in [0.25, 0.3) is 0 Å². The van der Waals surface area contributed by atoms with E-state index in [1.165, 1.54) is 43.9 Å². The average molecular weight is 491 g/mol. The molecule has 1 aliphatic heterocycles. The van der Waals surface area contributed by atoms with Crippen LogP contribution >= 0.6 is 0 Å². The Hall–Kier alpha value is -3.10. The third kappa shape index (κ3) is 6.98. The normalized spacial score (nSPS) is 21.7. The fourth-order valence-electron chi connectivity index (χ4n) is 4.79. The topological polar surface area (TPSA) is 113 Å². The van der Waals surface area contributed by atoms with Gasteiger partial charge in [-0.1, -0.05) is 31.4 Å². The smallest absolute Gasteiger partial charge is 0.250 e. The molecule has 1 atom stereocenters. The molecule has 3 aliphatic rings. The number of amidine groups is 1. The molecule has 192 valence electrons. The number of nitrogens with zero attached hydrogens (tertiary/aromatic N) is 3. The summed E-state index contributed by atoms with van der Waals surface area (Å²) in [5, 5.41) is 6.45. The molecular weight excluding hydrogens is 452 g/mol. The molecule has 0 spiro atoms. The standard InChI is InChI=1S/C28H38N6O2/c1-30-14-15-36-25(21-8-9-21)18-33-28-24(16-22(17-32-28)26(29)35)27(31-2)34-23-12-10-20(11-13-23)19-6-4-3-5-7-19/h10-13,16-17,19,21,25,30,34H,2-9,14-15,18H2,1H3,(H2,29,35)/b27-24+,33-28+. The van der Waals surface area contributed by atoms with Crippen molar-refractivity contribution in [3.05, 3.63) is 52.9 Å². The van der Waals surface area contributed by atoms with Crippen molar-refractivity contribution >= 4 is 30.4 Å². The Morgan fingerprint density at radius 3 is 2.58 bits per heavy atom. The van der Waals surface area contributed by atoms with Crippen LogP contribution in [-0.2, 0) is 9.53 Å². The van der Waals surface area contributed by atoms with Crippen LogP contribution in [0.2, 0.25) is 0 Å². The third-order valence-corrected chi connectivity index (χ3v) is 7.07. The van der Waals surface area contributed by atoms with Gasteiger partial charge in [0, 0.05) is 18.4 Å². The Labute approximate surface area is 213 Å². The molecule has 0 radical (unpaired) electrons. The molecule has 1 amide bonds. The Kier molecular flexibility index (Phi) is 9.19. The van der Waals surface area contributed by atoms with Gasteiger partial charge in [0.05, 0.1) is 30.4 Å². The SMILES string of the molecule is C=N/C(Nc1ccc(C2CCCCC2)cc1)=C1/C=C(C(N)=O)C=N/C1=N/CC(OCCNC)C1CC1. The molecular formula is C28H38N6O2. The summed E-state index contributed by atoms with van der Waals surface area (Å²) in [5.41, 5.74) is 8.69. The zero-order valence-electron chi connectivity index (χ0n) is 21.2. The molecule has 0 bridgehead atoms. The first-order chi connectivity index (χ1) is 17.6. The van der Waals surface area contributed by atoms with Crippen LogP contribution < -0.4 is 16.4 Å². The highest BCUT2D eigenvalue weighted by Crippen LogP contribution is 2.35. The van der Waals surface area contributed by atoms with Crippen LogP contribution in [0.1, 0.15) is 56.4 Å². The molecule has 8 nitrogen and oxygen atoms in total. The van der Waals surface area contributed by atoms with E-state index < -0.39 is 5.91 Å². The van der Waals surface area contributed by atoms with Crippen LogP contribution in [0.25, 0.3) is 0 Å². The number of hydrogen-bond donors (Lipinski definition) is 3. The Balaban J connectivity index is 1.55. The lowest BCUT2D eigenvalue weighted by molar-refractivity contribution is -0.114. The van der Waals surface area contributed by atoms with Crippen molar-refractivity contribution in [3.63, 3.8) is 0 Å². The Morgan fingerprint density at radius 1 is 1.19 bits per heavy atom. The molecule has 1 heterocycles. The van der Waals surface area contributed by atoms with Gasteiger partial charge in [-0.3, -0.25) is 9.79 Å². The first-order valence-electron chi connectivity index (χ1n) is 13.0. The van der Waals surface area contributed by atoms with E-state index in [0.717, 1.165) is 25.1 Å². The highest BCUT2D eigenvalue weighted by molar-refractivity contribution is 6.20. The molecule has 8 heteroatoms. The van der Waals surface area contributed by atoms with E-state index in [1.54, 1.807) is 6.08 Å². The zero-order chi connectivity index (χ0) is 25.3. The predicted octanol–water partition coefficient (Wildman–Crippen LogP) is 3.97. The van der Waals surface area contributed by atoms with Gasteiger partial charge in [-0.2, -0.15) is 0 Å². The van der Waals surface area contributed by atoms with Gasteiger partial charge >= 0.3 is 0 Å². The van der Waals surface area contributed by atoms with Gasteiger partial charge in [-0.05, 0) is 75.1 Å². The van der Waals surface area contributed by atoms with Crippen molar-refractivity contribution in [2.45, 2.75) is 57.0 Å². The quantitative estimate of drug-likeness (QED) is 0.304. The Morgan fingerprint density at radius 2 is 1.94 bits per heavy atom. The number of likely N-dealkylation sites (N-methyl/N-ethyl adjacent to an activating group) is 1. The number of ether oxygens (including phenoxy) is 1. The summed E-state index contributed by atoms with van der Waals surface area (Å²) in [6, 6.07) is 8.50. The van der Waals surface area contributed by atoms with Crippen molar-refractivity contribution in [2.24, 2.45) is 26.6 Å². The number of rotatable bonds is 12. The van der Waals surface area contributed by atoms with Crippen molar-refractivity contribution in [1.82, 2.24) is 5.32 Å². The number of primary amides is 1. The molecule has 4 rings (SSSR count). The fraction of sp³-hybridized carbons (Fsp3) is 0.500. The number of nitrogens with two attached hydrogens (primary N) is 1. The summed E-state index contributed by atoms with van der Waals surface area (Å²) in [7, 11) is 1.91. The number of anilines is 1. The van der Waals surface area contributed by atoms with E-state index >= 15 is 0 Å². The van der Waals surface area contributed by atoms with Crippen molar-refractivity contribution in [2.75, 3.05) is 32.1 Å².